The van der Waals surface area contributed by atoms with Gasteiger partial charge in [-0.3, -0.25) is 4.99 Å². The fourth-order valence-electron chi connectivity index (χ4n) is 4.29. The summed E-state index contributed by atoms with van der Waals surface area (Å²) in [4.78, 5) is 6.97. The molecule has 4 heteroatoms. The molecule has 0 unspecified atom stereocenters. The van der Waals surface area contributed by atoms with Crippen LogP contribution >= 0.6 is 0 Å². The van der Waals surface area contributed by atoms with Crippen molar-refractivity contribution in [2.45, 2.75) is 37.1 Å². The predicted octanol–water partition coefficient (Wildman–Crippen LogP) is 2.90. The van der Waals surface area contributed by atoms with Gasteiger partial charge in [0.1, 0.15) is 0 Å². The maximum absolute atomic E-state index is 5.52. The molecule has 1 aromatic carbocycles. The first kappa shape index (κ1) is 15.3. The zero-order chi connectivity index (χ0) is 15.7. The maximum atomic E-state index is 5.52. The number of hydrogen-bond donors (Lipinski definition) is 0. The number of likely N-dealkylation sites (tertiary alicyclic amines) is 1. The van der Waals surface area contributed by atoms with Crippen LogP contribution in [0.1, 0.15) is 31.2 Å². The zero-order valence-corrected chi connectivity index (χ0v) is 14.1. The fraction of sp³-hybridized carbons (Fsp3) is 0.611. The van der Waals surface area contributed by atoms with Gasteiger partial charge in [0.25, 0.3) is 0 Å². The first-order chi connectivity index (χ1) is 10.6. The van der Waals surface area contributed by atoms with Crippen molar-refractivity contribution in [2.24, 2.45) is 4.99 Å². The van der Waals surface area contributed by atoms with E-state index in [0.717, 1.165) is 30.9 Å². The van der Waals surface area contributed by atoms with Gasteiger partial charge in [-0.25, -0.2) is 0 Å². The molecule has 3 rings (SSSR count). The number of hydrogen-bond acceptors (Lipinski definition) is 4. The molecule has 0 amide bonds. The highest BCUT2D eigenvalue weighted by Crippen LogP contribution is 2.49. The monoisotopic (exact) mass is 302 g/mol. The minimum Gasteiger partial charge on any atom is -0.493 e. The van der Waals surface area contributed by atoms with E-state index in [4.69, 9.17) is 9.47 Å². The average Bonchev–Trinajstić information content (AvgIpc) is 2.91. The van der Waals surface area contributed by atoms with Crippen molar-refractivity contribution in [1.82, 2.24) is 4.90 Å². The molecule has 2 fully saturated rings. The summed E-state index contributed by atoms with van der Waals surface area (Å²) in [5.41, 5.74) is 2.96. The van der Waals surface area contributed by atoms with Crippen LogP contribution in [0.2, 0.25) is 0 Å². The van der Waals surface area contributed by atoms with Crippen LogP contribution < -0.4 is 9.47 Å². The second-order valence-corrected chi connectivity index (χ2v) is 6.47. The molecular formula is C18H26N2O2. The van der Waals surface area contributed by atoms with Gasteiger partial charge in [-0.05, 0) is 50.6 Å². The van der Waals surface area contributed by atoms with Crippen LogP contribution in [-0.2, 0) is 5.41 Å². The summed E-state index contributed by atoms with van der Waals surface area (Å²) < 4.78 is 10.9. The van der Waals surface area contributed by atoms with Crippen molar-refractivity contribution in [3.05, 3.63) is 23.8 Å². The van der Waals surface area contributed by atoms with Gasteiger partial charge in [-0.15, -0.1) is 0 Å². The Morgan fingerprint density at radius 2 is 1.95 bits per heavy atom. The summed E-state index contributed by atoms with van der Waals surface area (Å²) >= 11 is 0. The first-order valence-corrected chi connectivity index (χ1v) is 8.02. The lowest BCUT2D eigenvalue weighted by atomic mass is 9.65. The largest absolute Gasteiger partial charge is 0.493 e. The smallest absolute Gasteiger partial charge is 0.161 e. The Balaban J connectivity index is 2.01. The molecule has 22 heavy (non-hydrogen) atoms. The molecule has 1 aliphatic heterocycles. The molecule has 1 aromatic rings. The average molecular weight is 302 g/mol. The molecule has 0 bridgehead atoms. The number of aliphatic imine (C=N–C) groups is 1. The summed E-state index contributed by atoms with van der Waals surface area (Å²) in [6, 6.07) is 6.99. The second kappa shape index (κ2) is 5.92. The van der Waals surface area contributed by atoms with E-state index >= 15 is 0 Å². The van der Waals surface area contributed by atoms with Crippen LogP contribution in [0.15, 0.2) is 23.2 Å². The third kappa shape index (κ3) is 2.30. The molecule has 1 aliphatic carbocycles. The van der Waals surface area contributed by atoms with Crippen LogP contribution in [-0.4, -0.2) is 51.5 Å². The Kier molecular flexibility index (Phi) is 4.13. The van der Waals surface area contributed by atoms with Crippen LogP contribution in [0, 0.1) is 0 Å². The van der Waals surface area contributed by atoms with Gasteiger partial charge in [0, 0.05) is 30.6 Å². The molecule has 4 nitrogen and oxygen atoms in total. The number of likely N-dealkylation sites (N-methyl/N-ethyl adjacent to an activating group) is 1. The highest BCUT2D eigenvalue weighted by atomic mass is 16.5. The number of methoxy groups -OCH3 is 2. The number of benzene rings is 1. The minimum absolute atomic E-state index is 0.225. The van der Waals surface area contributed by atoms with Crippen LogP contribution in [0.5, 0.6) is 11.5 Å². The van der Waals surface area contributed by atoms with Crippen molar-refractivity contribution in [1.29, 1.82) is 0 Å². The summed E-state index contributed by atoms with van der Waals surface area (Å²) in [5, 5.41) is 0. The molecule has 0 N–H and O–H groups in total. The van der Waals surface area contributed by atoms with Crippen molar-refractivity contribution < 1.29 is 9.47 Å². The van der Waals surface area contributed by atoms with Crippen LogP contribution in [0.4, 0.5) is 0 Å². The van der Waals surface area contributed by atoms with Gasteiger partial charge in [0.15, 0.2) is 11.5 Å². The maximum Gasteiger partial charge on any atom is 0.161 e. The van der Waals surface area contributed by atoms with E-state index in [9.17, 15) is 0 Å². The van der Waals surface area contributed by atoms with Gasteiger partial charge >= 0.3 is 0 Å². The molecule has 2 atom stereocenters. The van der Waals surface area contributed by atoms with Crippen LogP contribution in [0.25, 0.3) is 0 Å². The molecule has 120 valence electrons. The molecule has 0 spiro atoms. The molecule has 1 saturated heterocycles. The number of ether oxygens (including phenoxy) is 2. The summed E-state index contributed by atoms with van der Waals surface area (Å²) in [5.74, 6) is 1.63. The lowest BCUT2D eigenvalue weighted by Crippen LogP contribution is -2.46. The van der Waals surface area contributed by atoms with Gasteiger partial charge in [0.05, 0.1) is 14.2 Å². The van der Waals surface area contributed by atoms with Crippen molar-refractivity contribution in [2.75, 3.05) is 34.9 Å². The van der Waals surface area contributed by atoms with E-state index in [1.165, 1.54) is 24.1 Å². The third-order valence-corrected chi connectivity index (χ3v) is 5.64. The SMILES string of the molecule is C/N=C1/CC[C@@]2(c3ccc(OC)c(OC)c3)CCN(C)[C@H]2C1. The highest BCUT2D eigenvalue weighted by molar-refractivity contribution is 5.86. The van der Waals surface area contributed by atoms with Crippen molar-refractivity contribution in [3.8, 4) is 11.5 Å². The minimum atomic E-state index is 0.225. The van der Waals surface area contributed by atoms with Gasteiger partial charge in [-0.2, -0.15) is 0 Å². The van der Waals surface area contributed by atoms with E-state index in [-0.39, 0.29) is 5.41 Å². The highest BCUT2D eigenvalue weighted by Gasteiger charge is 2.49. The molecule has 2 aliphatic rings. The topological polar surface area (TPSA) is 34.1 Å². The van der Waals surface area contributed by atoms with Crippen molar-refractivity contribution in [3.63, 3.8) is 0 Å². The second-order valence-electron chi connectivity index (χ2n) is 6.47. The Bertz CT molecular complexity index is 584. The number of rotatable bonds is 3. The molecule has 0 radical (unpaired) electrons. The fourth-order valence-corrected chi connectivity index (χ4v) is 4.29. The number of nitrogens with zero attached hydrogens (tertiary/aromatic N) is 2. The van der Waals surface area contributed by atoms with Crippen LogP contribution in [0.3, 0.4) is 0 Å². The molecular weight excluding hydrogens is 276 g/mol. The Morgan fingerprint density at radius 1 is 1.18 bits per heavy atom. The number of fused-ring (bicyclic) bond motifs is 1. The summed E-state index contributed by atoms with van der Waals surface area (Å²) in [6.07, 6.45) is 4.57. The normalized spacial score (nSPS) is 30.4. The van der Waals surface area contributed by atoms with Gasteiger partial charge in [-0.1, -0.05) is 6.07 Å². The molecule has 1 saturated carbocycles. The molecule has 0 aromatic heterocycles. The molecule has 1 heterocycles. The van der Waals surface area contributed by atoms with E-state index in [2.05, 4.69) is 29.1 Å². The van der Waals surface area contributed by atoms with Gasteiger partial charge in [0.2, 0.25) is 0 Å². The van der Waals surface area contributed by atoms with E-state index in [0.29, 0.717) is 6.04 Å². The Hall–Kier alpha value is -1.55. The van der Waals surface area contributed by atoms with E-state index < -0.39 is 0 Å². The lowest BCUT2D eigenvalue weighted by Gasteiger charge is -2.42. The third-order valence-electron chi connectivity index (χ3n) is 5.64. The first-order valence-electron chi connectivity index (χ1n) is 8.02. The van der Waals surface area contributed by atoms with Gasteiger partial charge < -0.3 is 14.4 Å². The predicted molar refractivity (Wildman–Crippen MR) is 89.5 cm³/mol. The Morgan fingerprint density at radius 3 is 2.64 bits per heavy atom. The summed E-state index contributed by atoms with van der Waals surface area (Å²) in [7, 11) is 7.56. The lowest BCUT2D eigenvalue weighted by molar-refractivity contribution is 0.226. The Labute approximate surface area is 133 Å². The van der Waals surface area contributed by atoms with E-state index in [1.54, 1.807) is 14.2 Å². The quantitative estimate of drug-likeness (QED) is 0.861. The van der Waals surface area contributed by atoms with E-state index in [1.807, 2.05) is 13.1 Å². The standard InChI is InChI=1S/C18H26N2O2/c1-19-14-7-8-18(9-10-20(2)17(18)12-14)13-5-6-15(21-3)16(11-13)22-4/h5-6,11,17H,7-10,12H2,1-4H3/b19-14-/t17-,18-/m0/s1. The summed E-state index contributed by atoms with van der Waals surface area (Å²) in [6.45, 7) is 1.15. The zero-order valence-electron chi connectivity index (χ0n) is 14.1. The van der Waals surface area contributed by atoms with Crippen molar-refractivity contribution >= 4 is 5.71 Å².